The number of nitrogens with zero attached hydrogens (tertiary/aromatic N) is 1. The van der Waals surface area contributed by atoms with Crippen molar-refractivity contribution in [1.82, 2.24) is 0 Å². The van der Waals surface area contributed by atoms with Crippen LogP contribution in [0.25, 0.3) is 0 Å². The summed E-state index contributed by atoms with van der Waals surface area (Å²) in [6.07, 6.45) is 7.30. The summed E-state index contributed by atoms with van der Waals surface area (Å²) in [4.78, 5) is 13.7. The zero-order chi connectivity index (χ0) is 14.4. The zero-order valence-corrected chi connectivity index (χ0v) is 11.9. The molecule has 3 heteroatoms. The fraction of sp³-hybridized carbons (Fsp3) is 0.471. The van der Waals surface area contributed by atoms with Gasteiger partial charge in [-0.3, -0.25) is 4.79 Å². The monoisotopic (exact) mass is 273 g/mol. The molecule has 3 nitrogen and oxygen atoms in total. The molecule has 1 heterocycles. The first-order chi connectivity index (χ1) is 9.74. The molecule has 0 spiro atoms. The van der Waals surface area contributed by atoms with Crippen LogP contribution in [0.3, 0.4) is 0 Å². The van der Waals surface area contributed by atoms with E-state index in [1.54, 1.807) is 0 Å². The second-order valence-electron chi connectivity index (χ2n) is 5.36. The Kier molecular flexibility index (Phi) is 5.22. The van der Waals surface area contributed by atoms with Crippen molar-refractivity contribution in [1.29, 1.82) is 0 Å². The molecule has 1 N–H and O–H groups in total. The summed E-state index contributed by atoms with van der Waals surface area (Å²) in [5, 5.41) is 9.32. The molecular weight excluding hydrogens is 250 g/mol. The number of hydrogen-bond donors (Lipinski definition) is 1. The van der Waals surface area contributed by atoms with Crippen molar-refractivity contribution in [2.24, 2.45) is 0 Å². The number of para-hydroxylation sites is 1. The van der Waals surface area contributed by atoms with Crippen LogP contribution in [-0.2, 0) is 4.79 Å². The van der Waals surface area contributed by atoms with E-state index in [1.807, 2.05) is 30.3 Å². The lowest BCUT2D eigenvalue weighted by molar-refractivity contribution is -0.139. The van der Waals surface area contributed by atoms with Gasteiger partial charge in [-0.05, 0) is 37.3 Å². The van der Waals surface area contributed by atoms with E-state index >= 15 is 0 Å². The lowest BCUT2D eigenvalue weighted by Crippen LogP contribution is -2.34. The highest BCUT2D eigenvalue weighted by atomic mass is 16.4. The predicted molar refractivity (Wildman–Crippen MR) is 82.3 cm³/mol. The minimum absolute atomic E-state index is 0.344. The highest BCUT2D eigenvalue weighted by molar-refractivity contribution is 5.80. The normalized spacial score (nSPS) is 17.6. The zero-order valence-electron chi connectivity index (χ0n) is 11.9. The van der Waals surface area contributed by atoms with Crippen molar-refractivity contribution in [3.05, 3.63) is 42.5 Å². The molecule has 2 rings (SSSR count). The number of fused-ring (bicyclic) bond motifs is 1. The average Bonchev–Trinajstić information content (AvgIpc) is 2.46. The van der Waals surface area contributed by atoms with E-state index < -0.39 is 5.97 Å². The smallest absolute Gasteiger partial charge is 0.311 e. The predicted octanol–water partition coefficient (Wildman–Crippen LogP) is 3.81. The Balaban J connectivity index is 2.00. The highest BCUT2D eigenvalue weighted by Crippen LogP contribution is 2.35. The number of allylic oxidation sites excluding steroid dienone is 1. The molecular formula is C17H23NO2. The van der Waals surface area contributed by atoms with Crippen LogP contribution in [0.4, 0.5) is 5.69 Å². The number of aliphatic carboxylic acids is 1. The maximum absolute atomic E-state index is 11.3. The van der Waals surface area contributed by atoms with Gasteiger partial charge in [-0.1, -0.05) is 30.7 Å². The van der Waals surface area contributed by atoms with Gasteiger partial charge in [-0.15, -0.1) is 6.58 Å². The van der Waals surface area contributed by atoms with E-state index in [4.69, 9.17) is 0 Å². The maximum atomic E-state index is 11.3. The molecule has 0 bridgehead atoms. The van der Waals surface area contributed by atoms with Gasteiger partial charge in [0.15, 0.2) is 0 Å². The van der Waals surface area contributed by atoms with E-state index in [0.717, 1.165) is 37.2 Å². The Labute approximate surface area is 120 Å². The van der Waals surface area contributed by atoms with Gasteiger partial charge in [0, 0.05) is 18.8 Å². The maximum Gasteiger partial charge on any atom is 0.311 e. The standard InChI is InChI=1S/C17H23NO2/c1-2-3-4-5-8-12-18-13-11-15(17(19)20)14-9-6-7-10-16(14)18/h2,6-7,9-10,15H,1,3-5,8,11-13H2,(H,19,20). The molecule has 0 aliphatic carbocycles. The fourth-order valence-electron chi connectivity index (χ4n) is 2.89. The highest BCUT2D eigenvalue weighted by Gasteiger charge is 2.29. The lowest BCUT2D eigenvalue weighted by atomic mass is 9.90. The molecule has 1 unspecified atom stereocenters. The number of unbranched alkanes of at least 4 members (excludes halogenated alkanes) is 3. The third-order valence-corrected chi connectivity index (χ3v) is 3.97. The second kappa shape index (κ2) is 7.13. The topological polar surface area (TPSA) is 40.5 Å². The van der Waals surface area contributed by atoms with Gasteiger partial charge in [-0.2, -0.15) is 0 Å². The summed E-state index contributed by atoms with van der Waals surface area (Å²) in [7, 11) is 0. The van der Waals surface area contributed by atoms with Gasteiger partial charge in [-0.25, -0.2) is 0 Å². The number of carbonyl (C=O) groups is 1. The molecule has 1 atom stereocenters. The third-order valence-electron chi connectivity index (χ3n) is 3.97. The van der Waals surface area contributed by atoms with Crippen molar-refractivity contribution in [3.8, 4) is 0 Å². The first-order valence-corrected chi connectivity index (χ1v) is 7.41. The summed E-state index contributed by atoms with van der Waals surface area (Å²) < 4.78 is 0. The van der Waals surface area contributed by atoms with Crippen molar-refractivity contribution in [2.75, 3.05) is 18.0 Å². The Morgan fingerprint density at radius 3 is 2.90 bits per heavy atom. The number of rotatable bonds is 7. The lowest BCUT2D eigenvalue weighted by Gasteiger charge is -2.34. The molecule has 1 aromatic carbocycles. The summed E-state index contributed by atoms with van der Waals surface area (Å²) in [5.74, 6) is -1.05. The number of anilines is 1. The molecule has 1 aliphatic rings. The molecule has 1 aliphatic heterocycles. The van der Waals surface area contributed by atoms with Gasteiger partial charge in [0.25, 0.3) is 0 Å². The van der Waals surface area contributed by atoms with Gasteiger partial charge < -0.3 is 10.0 Å². The van der Waals surface area contributed by atoms with Crippen LogP contribution in [0.2, 0.25) is 0 Å². The number of benzene rings is 1. The molecule has 0 aromatic heterocycles. The second-order valence-corrected chi connectivity index (χ2v) is 5.36. The summed E-state index contributed by atoms with van der Waals surface area (Å²) in [6.45, 7) is 5.59. The van der Waals surface area contributed by atoms with Crippen LogP contribution in [0.15, 0.2) is 36.9 Å². The molecule has 0 radical (unpaired) electrons. The SMILES string of the molecule is C=CCCCCCN1CCC(C(=O)O)c2ccccc21. The van der Waals surface area contributed by atoms with E-state index in [9.17, 15) is 9.90 Å². The summed E-state index contributed by atoms with van der Waals surface area (Å²) in [6, 6.07) is 7.93. The molecule has 1 aromatic rings. The largest absolute Gasteiger partial charge is 0.481 e. The van der Waals surface area contributed by atoms with Crippen LogP contribution < -0.4 is 4.90 Å². The Bertz CT molecular complexity index is 470. The van der Waals surface area contributed by atoms with E-state index in [0.29, 0.717) is 6.42 Å². The minimum Gasteiger partial charge on any atom is -0.481 e. The van der Waals surface area contributed by atoms with Gasteiger partial charge in [0.2, 0.25) is 0 Å². The Hall–Kier alpha value is -1.77. The van der Waals surface area contributed by atoms with E-state index in [1.165, 1.54) is 12.8 Å². The number of carboxylic acids is 1. The van der Waals surface area contributed by atoms with Crippen LogP contribution in [0.1, 0.15) is 43.6 Å². The van der Waals surface area contributed by atoms with Crippen molar-refractivity contribution < 1.29 is 9.90 Å². The van der Waals surface area contributed by atoms with Gasteiger partial charge in [0.1, 0.15) is 0 Å². The molecule has 0 saturated heterocycles. The quantitative estimate of drug-likeness (QED) is 0.606. The van der Waals surface area contributed by atoms with Gasteiger partial charge >= 0.3 is 5.97 Å². The summed E-state index contributed by atoms with van der Waals surface area (Å²) in [5.41, 5.74) is 2.08. The average molecular weight is 273 g/mol. The Morgan fingerprint density at radius 1 is 1.35 bits per heavy atom. The minimum atomic E-state index is -0.705. The van der Waals surface area contributed by atoms with Crippen LogP contribution in [-0.4, -0.2) is 24.2 Å². The molecule has 20 heavy (non-hydrogen) atoms. The van der Waals surface area contributed by atoms with Crippen molar-refractivity contribution >= 4 is 11.7 Å². The Morgan fingerprint density at radius 2 is 2.15 bits per heavy atom. The van der Waals surface area contributed by atoms with Crippen LogP contribution >= 0.6 is 0 Å². The van der Waals surface area contributed by atoms with E-state index in [-0.39, 0.29) is 5.92 Å². The van der Waals surface area contributed by atoms with Crippen molar-refractivity contribution in [3.63, 3.8) is 0 Å². The van der Waals surface area contributed by atoms with Crippen LogP contribution in [0.5, 0.6) is 0 Å². The first kappa shape index (κ1) is 14.6. The van der Waals surface area contributed by atoms with Gasteiger partial charge in [0.05, 0.1) is 5.92 Å². The molecule has 0 saturated carbocycles. The molecule has 0 fully saturated rings. The number of hydrogen-bond acceptors (Lipinski definition) is 2. The molecule has 0 amide bonds. The van der Waals surface area contributed by atoms with Crippen LogP contribution in [0, 0.1) is 0 Å². The molecule has 108 valence electrons. The van der Waals surface area contributed by atoms with E-state index in [2.05, 4.69) is 11.5 Å². The fourth-order valence-corrected chi connectivity index (χ4v) is 2.89. The van der Waals surface area contributed by atoms with Crippen molar-refractivity contribution in [2.45, 2.75) is 38.0 Å². The third kappa shape index (κ3) is 3.41. The first-order valence-electron chi connectivity index (χ1n) is 7.41. The number of carboxylic acid groups (broad SMARTS) is 1. The summed E-state index contributed by atoms with van der Waals surface area (Å²) >= 11 is 0.